The molecule has 0 amide bonds. The van der Waals surface area contributed by atoms with Crippen molar-refractivity contribution >= 4 is 27.7 Å². The Morgan fingerprint density at radius 1 is 1.69 bits per heavy atom. The first kappa shape index (κ1) is 11.0. The number of aliphatic hydroxyl groups is 1. The van der Waals surface area contributed by atoms with Crippen molar-refractivity contribution < 1.29 is 5.11 Å². The Balaban J connectivity index is 2.77. The highest BCUT2D eigenvalue weighted by Gasteiger charge is 2.06. The van der Waals surface area contributed by atoms with Gasteiger partial charge in [-0.1, -0.05) is 6.92 Å². The molecule has 0 radical (unpaired) electrons. The lowest BCUT2D eigenvalue weighted by molar-refractivity contribution is 0.300. The molecule has 0 fully saturated rings. The van der Waals surface area contributed by atoms with Crippen molar-refractivity contribution in [1.29, 1.82) is 0 Å². The van der Waals surface area contributed by atoms with Gasteiger partial charge in [0.05, 0.1) is 11.6 Å². The van der Waals surface area contributed by atoms with E-state index in [0.717, 1.165) is 15.1 Å². The molecule has 0 aliphatic carbocycles. The van der Waals surface area contributed by atoms with Crippen LogP contribution in [0.3, 0.4) is 0 Å². The van der Waals surface area contributed by atoms with Crippen LogP contribution in [-0.4, -0.2) is 21.9 Å². The Kier molecular flexibility index (Phi) is 4.22. The van der Waals surface area contributed by atoms with E-state index in [2.05, 4.69) is 20.9 Å². The van der Waals surface area contributed by atoms with E-state index in [0.29, 0.717) is 0 Å². The summed E-state index contributed by atoms with van der Waals surface area (Å²) in [5, 5.41) is 10.1. The molecule has 2 nitrogen and oxygen atoms in total. The van der Waals surface area contributed by atoms with Crippen LogP contribution in [0.5, 0.6) is 0 Å². The lowest BCUT2D eigenvalue weighted by Gasteiger charge is -2.08. The van der Waals surface area contributed by atoms with Crippen molar-refractivity contribution in [2.45, 2.75) is 24.1 Å². The molecule has 0 spiro atoms. The van der Waals surface area contributed by atoms with Crippen LogP contribution in [0.15, 0.2) is 21.8 Å². The summed E-state index contributed by atoms with van der Waals surface area (Å²) in [6.45, 7) is 4.18. The third kappa shape index (κ3) is 3.29. The van der Waals surface area contributed by atoms with E-state index in [1.165, 1.54) is 0 Å². The number of hydrogen-bond acceptors (Lipinski definition) is 3. The van der Waals surface area contributed by atoms with Gasteiger partial charge < -0.3 is 5.11 Å². The summed E-state index contributed by atoms with van der Waals surface area (Å²) in [4.78, 5) is 4.27. The predicted octanol–water partition coefficient (Wildman–Crippen LogP) is 2.63. The number of hydrogen-bond donors (Lipinski definition) is 1. The first-order valence-corrected chi connectivity index (χ1v) is 5.70. The average molecular weight is 262 g/mol. The zero-order chi connectivity index (χ0) is 9.84. The molecule has 0 aliphatic rings. The Morgan fingerprint density at radius 3 is 2.92 bits per heavy atom. The number of thioether (sulfide) groups is 1. The number of nitrogens with zero attached hydrogens (tertiary/aromatic N) is 1. The van der Waals surface area contributed by atoms with Crippen molar-refractivity contribution in [1.82, 2.24) is 4.98 Å². The van der Waals surface area contributed by atoms with E-state index >= 15 is 0 Å². The van der Waals surface area contributed by atoms with Crippen LogP contribution in [-0.2, 0) is 0 Å². The van der Waals surface area contributed by atoms with E-state index in [-0.39, 0.29) is 11.9 Å². The minimum atomic E-state index is 0.182. The summed E-state index contributed by atoms with van der Waals surface area (Å²) in [6, 6.07) is 2.03. The van der Waals surface area contributed by atoms with Crippen molar-refractivity contribution in [2.24, 2.45) is 0 Å². The molecule has 1 rings (SSSR count). The molecular formula is C9H12BrNOS. The average Bonchev–Trinajstić information content (AvgIpc) is 2.09. The van der Waals surface area contributed by atoms with Gasteiger partial charge in [-0.3, -0.25) is 0 Å². The Morgan fingerprint density at radius 2 is 2.38 bits per heavy atom. The van der Waals surface area contributed by atoms with E-state index in [1.54, 1.807) is 18.0 Å². The number of halogens is 1. The highest BCUT2D eigenvalue weighted by atomic mass is 79.9. The second-order valence-electron chi connectivity index (χ2n) is 2.89. The highest BCUT2D eigenvalue weighted by Crippen LogP contribution is 2.25. The molecule has 0 saturated carbocycles. The lowest BCUT2D eigenvalue weighted by Crippen LogP contribution is -2.02. The lowest BCUT2D eigenvalue weighted by atomic mass is 10.3. The number of aliphatic hydroxyl groups excluding tert-OH is 1. The maximum Gasteiger partial charge on any atom is 0.0993 e. The molecule has 72 valence electrons. The zero-order valence-corrected chi connectivity index (χ0v) is 10.0. The molecular weight excluding hydrogens is 250 g/mol. The van der Waals surface area contributed by atoms with E-state index in [1.807, 2.05) is 19.9 Å². The number of rotatable bonds is 3. The summed E-state index contributed by atoms with van der Waals surface area (Å²) in [6.07, 6.45) is 1.78. The van der Waals surface area contributed by atoms with E-state index in [4.69, 9.17) is 5.11 Å². The van der Waals surface area contributed by atoms with Crippen molar-refractivity contribution in [3.05, 3.63) is 22.3 Å². The van der Waals surface area contributed by atoms with Gasteiger partial charge in [-0.2, -0.15) is 0 Å². The fourth-order valence-electron chi connectivity index (χ4n) is 0.879. The van der Waals surface area contributed by atoms with Crippen LogP contribution in [0.25, 0.3) is 0 Å². The van der Waals surface area contributed by atoms with Gasteiger partial charge in [-0.15, -0.1) is 11.8 Å². The molecule has 1 unspecified atom stereocenters. The normalized spacial score (nSPS) is 12.9. The second-order valence-corrected chi connectivity index (χ2v) is 5.23. The monoisotopic (exact) mass is 261 g/mol. The summed E-state index contributed by atoms with van der Waals surface area (Å²) in [5.41, 5.74) is 1.14. The minimum absolute atomic E-state index is 0.182. The zero-order valence-electron chi connectivity index (χ0n) is 7.62. The topological polar surface area (TPSA) is 33.1 Å². The predicted molar refractivity (Wildman–Crippen MR) is 59.1 cm³/mol. The molecule has 0 aromatic carbocycles. The molecule has 0 aliphatic heterocycles. The first-order valence-electron chi connectivity index (χ1n) is 4.03. The van der Waals surface area contributed by atoms with Crippen molar-refractivity contribution in [2.75, 3.05) is 6.61 Å². The Bertz CT molecular complexity index is 293. The summed E-state index contributed by atoms with van der Waals surface area (Å²) < 4.78 is 0.992. The summed E-state index contributed by atoms with van der Waals surface area (Å²) in [5.74, 6) is 0. The highest BCUT2D eigenvalue weighted by molar-refractivity contribution is 9.10. The number of aromatic nitrogens is 1. The molecule has 0 saturated heterocycles. The van der Waals surface area contributed by atoms with Gasteiger partial charge in [0.2, 0.25) is 0 Å². The van der Waals surface area contributed by atoms with Crippen LogP contribution in [0, 0.1) is 6.92 Å². The fourth-order valence-corrected chi connectivity index (χ4v) is 2.14. The third-order valence-electron chi connectivity index (χ3n) is 1.57. The third-order valence-corrected chi connectivity index (χ3v) is 3.20. The molecule has 1 atom stereocenters. The summed E-state index contributed by atoms with van der Waals surface area (Å²) >= 11 is 4.96. The van der Waals surface area contributed by atoms with Crippen LogP contribution in [0.4, 0.5) is 0 Å². The number of pyridine rings is 1. The largest absolute Gasteiger partial charge is 0.395 e. The molecule has 1 aromatic rings. The minimum Gasteiger partial charge on any atom is -0.395 e. The molecule has 1 N–H and O–H groups in total. The van der Waals surface area contributed by atoms with Crippen molar-refractivity contribution in [3.63, 3.8) is 0 Å². The Hall–Kier alpha value is -0.0600. The van der Waals surface area contributed by atoms with Crippen LogP contribution in [0.2, 0.25) is 0 Å². The van der Waals surface area contributed by atoms with Gasteiger partial charge in [-0.25, -0.2) is 4.98 Å². The van der Waals surface area contributed by atoms with E-state index in [9.17, 15) is 0 Å². The maximum absolute atomic E-state index is 8.88. The smallest absolute Gasteiger partial charge is 0.0993 e. The van der Waals surface area contributed by atoms with E-state index < -0.39 is 0 Å². The quantitative estimate of drug-likeness (QED) is 0.850. The number of aryl methyl sites for hydroxylation is 1. The van der Waals surface area contributed by atoms with Gasteiger partial charge in [0.1, 0.15) is 0 Å². The second kappa shape index (κ2) is 4.98. The van der Waals surface area contributed by atoms with Gasteiger partial charge in [0, 0.05) is 15.9 Å². The first-order chi connectivity index (χ1) is 6.13. The Labute approximate surface area is 90.9 Å². The van der Waals surface area contributed by atoms with Gasteiger partial charge >= 0.3 is 0 Å². The van der Waals surface area contributed by atoms with Crippen LogP contribution < -0.4 is 0 Å². The molecule has 13 heavy (non-hydrogen) atoms. The maximum atomic E-state index is 8.88. The molecule has 1 aromatic heterocycles. The van der Waals surface area contributed by atoms with Crippen molar-refractivity contribution in [3.8, 4) is 0 Å². The standard InChI is InChI=1S/C9H12BrNOS/c1-6-3-8(10)4-11-9(6)13-7(2)5-12/h3-4,7,12H,5H2,1-2H3. The molecule has 1 heterocycles. The van der Waals surface area contributed by atoms with Gasteiger partial charge in [0.25, 0.3) is 0 Å². The fraction of sp³-hybridized carbons (Fsp3) is 0.444. The molecule has 0 bridgehead atoms. The van der Waals surface area contributed by atoms with Gasteiger partial charge in [-0.05, 0) is 34.5 Å². The summed E-state index contributed by atoms with van der Waals surface area (Å²) in [7, 11) is 0. The molecule has 4 heteroatoms. The van der Waals surface area contributed by atoms with Crippen LogP contribution >= 0.6 is 27.7 Å². The van der Waals surface area contributed by atoms with Gasteiger partial charge in [0.15, 0.2) is 0 Å². The van der Waals surface area contributed by atoms with Crippen LogP contribution in [0.1, 0.15) is 12.5 Å². The SMILES string of the molecule is Cc1cc(Br)cnc1SC(C)CO.